The van der Waals surface area contributed by atoms with E-state index in [1.807, 2.05) is 17.0 Å². The predicted octanol–water partition coefficient (Wildman–Crippen LogP) is 1.54. The van der Waals surface area contributed by atoms with Crippen LogP contribution in [0.2, 0.25) is 0 Å². The first-order valence-electron chi connectivity index (χ1n) is 6.70. The van der Waals surface area contributed by atoms with Crippen LogP contribution >= 0.6 is 0 Å². The van der Waals surface area contributed by atoms with E-state index < -0.39 is 0 Å². The van der Waals surface area contributed by atoms with Gasteiger partial charge >= 0.3 is 0 Å². The summed E-state index contributed by atoms with van der Waals surface area (Å²) < 4.78 is 5.37. The molecule has 1 unspecified atom stereocenters. The van der Waals surface area contributed by atoms with Gasteiger partial charge in [-0.05, 0) is 11.6 Å². The van der Waals surface area contributed by atoms with E-state index in [4.69, 9.17) is 4.74 Å². The van der Waals surface area contributed by atoms with E-state index in [0.717, 1.165) is 17.9 Å². The fraction of sp³-hybridized carbons (Fsp3) is 0.533. The number of ether oxygens (including phenoxy) is 1. The first-order chi connectivity index (χ1) is 9.03. The van der Waals surface area contributed by atoms with Crippen molar-refractivity contribution in [3.63, 3.8) is 0 Å². The highest BCUT2D eigenvalue weighted by Gasteiger charge is 2.45. The maximum absolute atomic E-state index is 12.5. The summed E-state index contributed by atoms with van der Waals surface area (Å²) in [6.07, 6.45) is 0. The van der Waals surface area contributed by atoms with Gasteiger partial charge in [-0.3, -0.25) is 4.79 Å². The lowest BCUT2D eigenvalue weighted by molar-refractivity contribution is -0.140. The van der Waals surface area contributed by atoms with Crippen LogP contribution in [0.25, 0.3) is 0 Å². The van der Waals surface area contributed by atoms with Crippen molar-refractivity contribution in [2.45, 2.75) is 33.0 Å². The molecule has 0 spiro atoms. The zero-order chi connectivity index (χ0) is 13.6. The van der Waals surface area contributed by atoms with Crippen molar-refractivity contribution in [1.82, 2.24) is 10.2 Å². The molecular weight excluding hydrogens is 240 g/mol. The molecule has 1 N–H and O–H groups in total. The van der Waals surface area contributed by atoms with Gasteiger partial charge in [0.15, 0.2) is 0 Å². The predicted molar refractivity (Wildman–Crippen MR) is 72.8 cm³/mol. The monoisotopic (exact) mass is 260 g/mol. The number of carbonyl (C=O) groups is 1. The summed E-state index contributed by atoms with van der Waals surface area (Å²) >= 11 is 0. The highest BCUT2D eigenvalue weighted by Crippen LogP contribution is 2.34. The Balaban J connectivity index is 1.79. The Labute approximate surface area is 113 Å². The van der Waals surface area contributed by atoms with Crippen molar-refractivity contribution in [2.75, 3.05) is 13.7 Å². The summed E-state index contributed by atoms with van der Waals surface area (Å²) in [6.45, 7) is 6.53. The Hall–Kier alpha value is -1.55. The highest BCUT2D eigenvalue weighted by atomic mass is 16.5. The zero-order valence-electron chi connectivity index (χ0n) is 11.7. The summed E-state index contributed by atoms with van der Waals surface area (Å²) in [5.41, 5.74) is 2.41. The number of hydrogen-bond donors (Lipinski definition) is 1. The maximum atomic E-state index is 12.5. The molecule has 4 heteroatoms. The Morgan fingerprint density at radius 2 is 2.21 bits per heavy atom. The van der Waals surface area contributed by atoms with E-state index >= 15 is 0 Å². The molecule has 2 aliphatic rings. The smallest absolute Gasteiger partial charge is 0.240 e. The standard InChI is InChI=1S/C15H20N2O2/c1-15(2)9-16-13(15)14(18)17-7-10-5-4-6-12(19-3)11(10)8-17/h4-6,13,16H,7-9H2,1-3H3. The molecule has 1 fully saturated rings. The maximum Gasteiger partial charge on any atom is 0.240 e. The van der Waals surface area contributed by atoms with Crippen molar-refractivity contribution >= 4 is 5.91 Å². The molecule has 0 saturated carbocycles. The van der Waals surface area contributed by atoms with Gasteiger partial charge in [-0.25, -0.2) is 0 Å². The van der Waals surface area contributed by atoms with Gasteiger partial charge in [-0.1, -0.05) is 26.0 Å². The van der Waals surface area contributed by atoms with Gasteiger partial charge in [0, 0.05) is 24.1 Å². The number of rotatable bonds is 2. The van der Waals surface area contributed by atoms with Gasteiger partial charge in [0.1, 0.15) is 5.75 Å². The molecule has 1 amide bonds. The normalized spacial score (nSPS) is 23.7. The van der Waals surface area contributed by atoms with Crippen LogP contribution < -0.4 is 10.1 Å². The van der Waals surface area contributed by atoms with E-state index in [1.54, 1.807) is 7.11 Å². The Morgan fingerprint density at radius 1 is 1.42 bits per heavy atom. The van der Waals surface area contributed by atoms with Crippen molar-refractivity contribution < 1.29 is 9.53 Å². The molecule has 0 aromatic heterocycles. The number of amides is 1. The van der Waals surface area contributed by atoms with Crippen molar-refractivity contribution in [3.8, 4) is 5.75 Å². The molecule has 2 heterocycles. The Kier molecular flexibility index (Phi) is 2.78. The molecule has 1 atom stereocenters. The summed E-state index contributed by atoms with van der Waals surface area (Å²) in [5, 5.41) is 3.25. The molecule has 1 aromatic rings. The highest BCUT2D eigenvalue weighted by molar-refractivity contribution is 5.84. The molecule has 1 saturated heterocycles. The average Bonchev–Trinajstić information content (AvgIpc) is 2.81. The van der Waals surface area contributed by atoms with Crippen molar-refractivity contribution in [2.24, 2.45) is 5.41 Å². The lowest BCUT2D eigenvalue weighted by Gasteiger charge is -2.45. The molecule has 19 heavy (non-hydrogen) atoms. The second-order valence-corrected chi connectivity index (χ2v) is 6.09. The molecule has 2 aliphatic heterocycles. The Morgan fingerprint density at radius 3 is 2.79 bits per heavy atom. The minimum atomic E-state index is -0.0483. The number of nitrogens with one attached hydrogen (secondary N) is 1. The van der Waals surface area contributed by atoms with Crippen molar-refractivity contribution in [3.05, 3.63) is 29.3 Å². The topological polar surface area (TPSA) is 41.6 Å². The number of hydrogen-bond acceptors (Lipinski definition) is 3. The lowest BCUT2D eigenvalue weighted by Crippen LogP contribution is -2.65. The first-order valence-corrected chi connectivity index (χ1v) is 6.70. The van der Waals surface area contributed by atoms with Gasteiger partial charge in [-0.15, -0.1) is 0 Å². The van der Waals surface area contributed by atoms with Gasteiger partial charge in [0.25, 0.3) is 0 Å². The molecule has 0 radical (unpaired) electrons. The zero-order valence-corrected chi connectivity index (χ0v) is 11.7. The number of nitrogens with zero attached hydrogens (tertiary/aromatic N) is 1. The molecule has 1 aromatic carbocycles. The summed E-state index contributed by atoms with van der Waals surface area (Å²) in [6, 6.07) is 5.97. The summed E-state index contributed by atoms with van der Waals surface area (Å²) in [5.74, 6) is 1.09. The number of carbonyl (C=O) groups excluding carboxylic acids is 1. The lowest BCUT2D eigenvalue weighted by atomic mass is 9.76. The van der Waals surface area contributed by atoms with E-state index in [9.17, 15) is 4.79 Å². The second kappa shape index (κ2) is 4.23. The second-order valence-electron chi connectivity index (χ2n) is 6.09. The fourth-order valence-corrected chi connectivity index (χ4v) is 2.95. The van der Waals surface area contributed by atoms with Crippen molar-refractivity contribution in [1.29, 1.82) is 0 Å². The van der Waals surface area contributed by atoms with E-state index in [2.05, 4.69) is 25.2 Å². The van der Waals surface area contributed by atoms with Gasteiger partial charge in [0.05, 0.1) is 19.7 Å². The summed E-state index contributed by atoms with van der Waals surface area (Å²) in [7, 11) is 1.68. The minimum absolute atomic E-state index is 0.0483. The molecule has 4 nitrogen and oxygen atoms in total. The summed E-state index contributed by atoms with van der Waals surface area (Å²) in [4.78, 5) is 14.5. The molecule has 0 aliphatic carbocycles. The van der Waals surface area contributed by atoms with E-state index in [1.165, 1.54) is 5.56 Å². The van der Waals surface area contributed by atoms with E-state index in [0.29, 0.717) is 13.1 Å². The first kappa shape index (κ1) is 12.5. The van der Waals surface area contributed by atoms with Crippen LogP contribution in [-0.4, -0.2) is 30.5 Å². The minimum Gasteiger partial charge on any atom is -0.496 e. The number of benzene rings is 1. The van der Waals surface area contributed by atoms with Crippen LogP contribution in [0.5, 0.6) is 5.75 Å². The third-order valence-corrected chi connectivity index (χ3v) is 4.26. The average molecular weight is 260 g/mol. The molecule has 3 rings (SSSR count). The fourth-order valence-electron chi connectivity index (χ4n) is 2.95. The van der Waals surface area contributed by atoms with Crippen LogP contribution in [-0.2, 0) is 17.9 Å². The SMILES string of the molecule is COc1cccc2c1CN(C(=O)C1NCC1(C)C)C2. The molecule has 102 valence electrons. The van der Waals surface area contributed by atoms with E-state index in [-0.39, 0.29) is 17.4 Å². The van der Waals surface area contributed by atoms with Gasteiger partial charge in [-0.2, -0.15) is 0 Å². The third kappa shape index (κ3) is 1.91. The van der Waals surface area contributed by atoms with Gasteiger partial charge < -0.3 is 15.0 Å². The van der Waals surface area contributed by atoms with Crippen LogP contribution in [0.1, 0.15) is 25.0 Å². The van der Waals surface area contributed by atoms with Crippen LogP contribution in [0.15, 0.2) is 18.2 Å². The third-order valence-electron chi connectivity index (χ3n) is 4.26. The molecular formula is C15H20N2O2. The van der Waals surface area contributed by atoms with Crippen LogP contribution in [0, 0.1) is 5.41 Å². The van der Waals surface area contributed by atoms with Crippen LogP contribution in [0.4, 0.5) is 0 Å². The number of methoxy groups -OCH3 is 1. The van der Waals surface area contributed by atoms with Crippen LogP contribution in [0.3, 0.4) is 0 Å². The quantitative estimate of drug-likeness (QED) is 0.877. The number of fused-ring (bicyclic) bond motifs is 1. The van der Waals surface area contributed by atoms with Gasteiger partial charge in [0.2, 0.25) is 5.91 Å². The Bertz CT molecular complexity index is 525. The largest absolute Gasteiger partial charge is 0.496 e. The molecule has 0 bridgehead atoms.